The Bertz CT molecular complexity index is 596. The summed E-state index contributed by atoms with van der Waals surface area (Å²) in [4.78, 5) is 10.2. The van der Waals surface area contributed by atoms with E-state index in [4.69, 9.17) is 12.2 Å². The molecule has 21 heavy (non-hydrogen) atoms. The third-order valence-electron chi connectivity index (χ3n) is 4.46. The average molecular weight is 309 g/mol. The Hall–Kier alpha value is -1.76. The number of nitro benzene ring substituents is 1. The number of nitrogens with one attached hydrogen (secondary N) is 2. The zero-order valence-corrected chi connectivity index (χ0v) is 12.2. The predicted molar refractivity (Wildman–Crippen MR) is 81.6 cm³/mol. The largest absolute Gasteiger partial charge is 0.359 e. The van der Waals surface area contributed by atoms with Crippen molar-refractivity contribution in [3.8, 4) is 0 Å². The van der Waals surface area contributed by atoms with Crippen molar-refractivity contribution in [2.75, 3.05) is 5.32 Å². The third-order valence-corrected chi connectivity index (χ3v) is 4.68. The molecule has 0 amide bonds. The van der Waals surface area contributed by atoms with Gasteiger partial charge >= 0.3 is 0 Å². The first-order valence-electron chi connectivity index (χ1n) is 7.04. The fraction of sp³-hybridized carbons (Fsp3) is 0.500. The van der Waals surface area contributed by atoms with Crippen LogP contribution >= 0.6 is 12.2 Å². The fourth-order valence-electron chi connectivity index (χ4n) is 3.47. The topological polar surface area (TPSA) is 67.2 Å². The van der Waals surface area contributed by atoms with Gasteiger partial charge in [-0.1, -0.05) is 6.42 Å². The highest BCUT2D eigenvalue weighted by Crippen LogP contribution is 2.44. The molecule has 0 heterocycles. The molecule has 2 N–H and O–H groups in total. The van der Waals surface area contributed by atoms with Gasteiger partial charge < -0.3 is 10.6 Å². The molecule has 3 rings (SSSR count). The number of nitro groups is 1. The number of benzene rings is 1. The number of thiocarbonyl (C=S) groups is 1. The van der Waals surface area contributed by atoms with E-state index < -0.39 is 10.7 Å². The van der Waals surface area contributed by atoms with Crippen LogP contribution in [0.2, 0.25) is 0 Å². The van der Waals surface area contributed by atoms with Gasteiger partial charge in [0.05, 0.1) is 10.6 Å². The van der Waals surface area contributed by atoms with E-state index >= 15 is 0 Å². The van der Waals surface area contributed by atoms with Crippen LogP contribution in [0.15, 0.2) is 18.2 Å². The Morgan fingerprint density at radius 2 is 2.19 bits per heavy atom. The van der Waals surface area contributed by atoms with Gasteiger partial charge in [0.25, 0.3) is 5.69 Å². The SMILES string of the molecule is O=[N+]([O-])c1ccc(F)c(NC(=S)N[C@@H]2C[C@H]3CC[C@H]2C3)c1. The summed E-state index contributed by atoms with van der Waals surface area (Å²) >= 11 is 5.20. The number of anilines is 1. The second-order valence-electron chi connectivity index (χ2n) is 5.80. The first-order valence-corrected chi connectivity index (χ1v) is 7.45. The highest BCUT2D eigenvalue weighted by Gasteiger charge is 2.39. The van der Waals surface area contributed by atoms with Crippen LogP contribution in [-0.2, 0) is 0 Å². The van der Waals surface area contributed by atoms with Crippen molar-refractivity contribution in [3.63, 3.8) is 0 Å². The van der Waals surface area contributed by atoms with Crippen molar-refractivity contribution in [2.24, 2.45) is 11.8 Å². The number of rotatable bonds is 3. The molecule has 2 aliphatic carbocycles. The molecule has 0 spiro atoms. The minimum absolute atomic E-state index is 0.0323. The van der Waals surface area contributed by atoms with Crippen LogP contribution in [0.1, 0.15) is 25.7 Å². The average Bonchev–Trinajstić information content (AvgIpc) is 3.03. The quantitative estimate of drug-likeness (QED) is 0.510. The lowest BCUT2D eigenvalue weighted by Gasteiger charge is -2.24. The molecule has 0 saturated heterocycles. The molecule has 1 aromatic carbocycles. The first-order chi connectivity index (χ1) is 10.0. The highest BCUT2D eigenvalue weighted by atomic mass is 32.1. The zero-order chi connectivity index (χ0) is 15.0. The van der Waals surface area contributed by atoms with Crippen LogP contribution < -0.4 is 10.6 Å². The van der Waals surface area contributed by atoms with Crippen molar-refractivity contribution in [2.45, 2.75) is 31.7 Å². The maximum atomic E-state index is 13.7. The maximum absolute atomic E-state index is 13.7. The summed E-state index contributed by atoms with van der Waals surface area (Å²) in [5, 5.41) is 17.0. The lowest BCUT2D eigenvalue weighted by atomic mass is 9.96. The first kappa shape index (κ1) is 14.2. The van der Waals surface area contributed by atoms with Gasteiger partial charge in [0.2, 0.25) is 0 Å². The minimum atomic E-state index is -0.559. The molecule has 112 valence electrons. The fourth-order valence-corrected chi connectivity index (χ4v) is 3.73. The molecule has 2 bridgehead atoms. The zero-order valence-electron chi connectivity index (χ0n) is 11.3. The van der Waals surface area contributed by atoms with Crippen molar-refractivity contribution in [1.82, 2.24) is 5.32 Å². The molecule has 0 aromatic heterocycles. The van der Waals surface area contributed by atoms with Crippen molar-refractivity contribution >= 4 is 28.7 Å². The Morgan fingerprint density at radius 1 is 1.38 bits per heavy atom. The van der Waals surface area contributed by atoms with E-state index in [2.05, 4.69) is 10.6 Å². The van der Waals surface area contributed by atoms with E-state index in [9.17, 15) is 14.5 Å². The van der Waals surface area contributed by atoms with Gasteiger partial charge in [-0.05, 0) is 49.4 Å². The van der Waals surface area contributed by atoms with Gasteiger partial charge in [-0.25, -0.2) is 4.39 Å². The molecule has 2 saturated carbocycles. The van der Waals surface area contributed by atoms with E-state index in [1.165, 1.54) is 19.3 Å². The van der Waals surface area contributed by atoms with Gasteiger partial charge in [-0.3, -0.25) is 10.1 Å². The second-order valence-corrected chi connectivity index (χ2v) is 6.21. The van der Waals surface area contributed by atoms with Crippen LogP contribution in [-0.4, -0.2) is 16.1 Å². The monoisotopic (exact) mass is 309 g/mol. The number of non-ortho nitro benzene ring substituents is 1. The normalized spacial score (nSPS) is 26.6. The van der Waals surface area contributed by atoms with Gasteiger partial charge in [0, 0.05) is 18.2 Å². The second kappa shape index (κ2) is 5.55. The molecule has 2 fully saturated rings. The van der Waals surface area contributed by atoms with E-state index in [0.29, 0.717) is 17.1 Å². The third kappa shape index (κ3) is 2.97. The molecule has 7 heteroatoms. The molecule has 3 atom stereocenters. The Kier molecular flexibility index (Phi) is 3.75. The molecular formula is C14H16FN3O2S. The number of fused-ring (bicyclic) bond motifs is 2. The predicted octanol–water partition coefficient (Wildman–Crippen LogP) is 3.21. The molecular weight excluding hydrogens is 293 g/mol. The Morgan fingerprint density at radius 3 is 2.81 bits per heavy atom. The van der Waals surface area contributed by atoms with Crippen molar-refractivity contribution in [3.05, 3.63) is 34.1 Å². The van der Waals surface area contributed by atoms with Gasteiger partial charge in [-0.15, -0.1) is 0 Å². The van der Waals surface area contributed by atoms with Crippen LogP contribution in [0.4, 0.5) is 15.8 Å². The number of hydrogen-bond donors (Lipinski definition) is 2. The smallest absolute Gasteiger partial charge is 0.271 e. The summed E-state index contributed by atoms with van der Waals surface area (Å²) < 4.78 is 13.7. The summed E-state index contributed by atoms with van der Waals surface area (Å²) in [6, 6.07) is 3.70. The van der Waals surface area contributed by atoms with Gasteiger partial charge in [-0.2, -0.15) is 0 Å². The van der Waals surface area contributed by atoms with E-state index in [1.807, 2.05) is 0 Å². The Labute approximate surface area is 127 Å². The highest BCUT2D eigenvalue weighted by molar-refractivity contribution is 7.80. The molecule has 5 nitrogen and oxygen atoms in total. The summed E-state index contributed by atoms with van der Waals surface area (Å²) in [5.41, 5.74) is -0.133. The van der Waals surface area contributed by atoms with E-state index in [0.717, 1.165) is 30.5 Å². The van der Waals surface area contributed by atoms with Crippen molar-refractivity contribution < 1.29 is 9.31 Å². The van der Waals surface area contributed by atoms with Gasteiger partial charge in [0.15, 0.2) is 5.11 Å². The minimum Gasteiger partial charge on any atom is -0.359 e. The van der Waals surface area contributed by atoms with Crippen LogP contribution in [0, 0.1) is 27.8 Å². The molecule has 0 unspecified atom stereocenters. The standard InChI is InChI=1S/C14H16FN3O2S/c15-11-4-3-10(18(19)20)7-13(11)17-14(21)16-12-6-8-1-2-9(12)5-8/h3-4,7-9,12H,1-2,5-6H2,(H2,16,17,21)/t8-,9-,12+/m0/s1. The van der Waals surface area contributed by atoms with Crippen LogP contribution in [0.5, 0.6) is 0 Å². The van der Waals surface area contributed by atoms with E-state index in [1.54, 1.807) is 0 Å². The summed E-state index contributed by atoms with van der Waals surface area (Å²) in [6.45, 7) is 0. The number of halogens is 1. The van der Waals surface area contributed by atoms with Gasteiger partial charge in [0.1, 0.15) is 5.82 Å². The number of nitrogens with zero attached hydrogens (tertiary/aromatic N) is 1. The molecule has 0 radical (unpaired) electrons. The summed E-state index contributed by atoms with van der Waals surface area (Å²) in [7, 11) is 0. The lowest BCUT2D eigenvalue weighted by molar-refractivity contribution is -0.384. The maximum Gasteiger partial charge on any atom is 0.271 e. The molecule has 0 aliphatic heterocycles. The lowest BCUT2D eigenvalue weighted by Crippen LogP contribution is -2.40. The number of hydrogen-bond acceptors (Lipinski definition) is 3. The summed E-state index contributed by atoms with van der Waals surface area (Å²) in [5.74, 6) is 0.868. The summed E-state index contributed by atoms with van der Waals surface area (Å²) in [6.07, 6.45) is 4.86. The van der Waals surface area contributed by atoms with E-state index in [-0.39, 0.29) is 11.4 Å². The molecule has 1 aromatic rings. The van der Waals surface area contributed by atoms with Crippen molar-refractivity contribution in [1.29, 1.82) is 0 Å². The van der Waals surface area contributed by atoms with Crippen LogP contribution in [0.25, 0.3) is 0 Å². The van der Waals surface area contributed by atoms with Crippen LogP contribution in [0.3, 0.4) is 0 Å². The Balaban J connectivity index is 1.64. The molecule has 2 aliphatic rings.